The van der Waals surface area contributed by atoms with Crippen LogP contribution in [0.15, 0.2) is 52.1 Å². The van der Waals surface area contributed by atoms with Crippen molar-refractivity contribution >= 4 is 10.9 Å². The standard InChI is InChI=1S/C26H27N3O6/c1-26(2)13-35-23(15-8-11-17(30)18(31)12-15)22-21-19(24(32)28(4)25(33)27(21)3)20(29(22)26)14-6-9-16(34-5)10-7-14/h6-12,23,30-31H,13H2,1-5H3/t23-/m1/s1. The molecule has 5 rings (SSSR count). The van der Waals surface area contributed by atoms with Crippen LogP contribution in [0.3, 0.4) is 0 Å². The van der Waals surface area contributed by atoms with Crippen molar-refractivity contribution in [1.29, 1.82) is 0 Å². The SMILES string of the molecule is COc1ccc(-c2c3c(=O)n(C)c(=O)n(C)c3c3n2C(C)(C)CO[C@@H]3c2ccc(O)c(O)c2)cc1. The minimum absolute atomic E-state index is 0.245. The third kappa shape index (κ3) is 3.26. The highest BCUT2D eigenvalue weighted by atomic mass is 16.5. The first kappa shape index (κ1) is 22.8. The Labute approximate surface area is 201 Å². The van der Waals surface area contributed by atoms with Crippen molar-refractivity contribution in [3.63, 3.8) is 0 Å². The van der Waals surface area contributed by atoms with E-state index >= 15 is 0 Å². The van der Waals surface area contributed by atoms with Gasteiger partial charge in [-0.1, -0.05) is 6.07 Å². The normalized spacial score (nSPS) is 16.9. The molecule has 2 N–H and O–H groups in total. The number of aromatic nitrogens is 3. The summed E-state index contributed by atoms with van der Waals surface area (Å²) in [4.78, 5) is 26.6. The summed E-state index contributed by atoms with van der Waals surface area (Å²) in [6.45, 7) is 4.33. The van der Waals surface area contributed by atoms with Crippen molar-refractivity contribution in [3.8, 4) is 28.5 Å². The number of ether oxygens (including phenoxy) is 2. The number of fused-ring (bicyclic) bond motifs is 3. The third-order valence-corrected chi connectivity index (χ3v) is 6.73. The van der Waals surface area contributed by atoms with Crippen LogP contribution in [0.5, 0.6) is 17.2 Å². The van der Waals surface area contributed by atoms with E-state index in [1.807, 2.05) is 38.1 Å². The molecule has 182 valence electrons. The van der Waals surface area contributed by atoms with Gasteiger partial charge in [-0.15, -0.1) is 0 Å². The van der Waals surface area contributed by atoms with E-state index in [4.69, 9.17) is 9.47 Å². The summed E-state index contributed by atoms with van der Waals surface area (Å²) in [5, 5.41) is 20.4. The predicted molar refractivity (Wildman–Crippen MR) is 131 cm³/mol. The molecule has 0 saturated heterocycles. The lowest BCUT2D eigenvalue weighted by Gasteiger charge is -2.39. The van der Waals surface area contributed by atoms with Gasteiger partial charge in [-0.05, 0) is 61.4 Å². The predicted octanol–water partition coefficient (Wildman–Crippen LogP) is 2.98. The summed E-state index contributed by atoms with van der Waals surface area (Å²) < 4.78 is 16.3. The quantitative estimate of drug-likeness (QED) is 0.439. The Morgan fingerprint density at radius 2 is 1.69 bits per heavy atom. The Balaban J connectivity index is 1.97. The summed E-state index contributed by atoms with van der Waals surface area (Å²) in [6.07, 6.45) is -0.693. The van der Waals surface area contributed by atoms with E-state index in [9.17, 15) is 19.8 Å². The van der Waals surface area contributed by atoms with Crippen LogP contribution < -0.4 is 16.0 Å². The van der Waals surface area contributed by atoms with Crippen LogP contribution in [0.25, 0.3) is 22.2 Å². The van der Waals surface area contributed by atoms with E-state index < -0.39 is 22.9 Å². The highest BCUT2D eigenvalue weighted by Crippen LogP contribution is 2.46. The van der Waals surface area contributed by atoms with Gasteiger partial charge < -0.3 is 24.3 Å². The maximum Gasteiger partial charge on any atom is 0.331 e. The van der Waals surface area contributed by atoms with Gasteiger partial charge in [0.25, 0.3) is 5.56 Å². The fourth-order valence-electron chi connectivity index (χ4n) is 4.98. The van der Waals surface area contributed by atoms with Crippen molar-refractivity contribution in [2.24, 2.45) is 14.1 Å². The van der Waals surface area contributed by atoms with Crippen molar-refractivity contribution in [3.05, 3.63) is 74.6 Å². The largest absolute Gasteiger partial charge is 0.504 e. The van der Waals surface area contributed by atoms with Gasteiger partial charge in [-0.3, -0.25) is 13.9 Å². The number of hydrogen-bond donors (Lipinski definition) is 2. The van der Waals surface area contributed by atoms with Crippen molar-refractivity contribution < 1.29 is 19.7 Å². The van der Waals surface area contributed by atoms with Crippen molar-refractivity contribution in [2.75, 3.05) is 13.7 Å². The number of methoxy groups -OCH3 is 1. The first-order chi connectivity index (χ1) is 16.6. The van der Waals surface area contributed by atoms with Gasteiger partial charge in [-0.2, -0.15) is 0 Å². The average molecular weight is 478 g/mol. The highest BCUT2D eigenvalue weighted by molar-refractivity contribution is 5.97. The third-order valence-electron chi connectivity index (χ3n) is 6.73. The first-order valence-corrected chi connectivity index (χ1v) is 11.2. The van der Waals surface area contributed by atoms with Crippen LogP contribution in [-0.4, -0.2) is 37.6 Å². The molecule has 4 aromatic rings. The molecule has 1 atom stereocenters. The number of benzene rings is 2. The van der Waals surface area contributed by atoms with Crippen molar-refractivity contribution in [2.45, 2.75) is 25.5 Å². The maximum atomic E-state index is 13.6. The second kappa shape index (κ2) is 7.78. The molecule has 1 aliphatic heterocycles. The van der Waals surface area contributed by atoms with Crippen molar-refractivity contribution in [1.82, 2.24) is 13.7 Å². The highest BCUT2D eigenvalue weighted by Gasteiger charge is 2.40. The molecular formula is C26H27N3O6. The lowest BCUT2D eigenvalue weighted by molar-refractivity contribution is -0.00716. The molecule has 0 fully saturated rings. The zero-order valence-corrected chi connectivity index (χ0v) is 20.2. The molecule has 35 heavy (non-hydrogen) atoms. The van der Waals surface area contributed by atoms with Gasteiger partial charge in [0.2, 0.25) is 0 Å². The van der Waals surface area contributed by atoms with Gasteiger partial charge in [0.05, 0.1) is 41.5 Å². The molecule has 0 radical (unpaired) electrons. The summed E-state index contributed by atoms with van der Waals surface area (Å²) in [5.41, 5.74) is 1.73. The summed E-state index contributed by atoms with van der Waals surface area (Å²) >= 11 is 0. The smallest absolute Gasteiger partial charge is 0.331 e. The lowest BCUT2D eigenvalue weighted by atomic mass is 9.97. The number of phenolic OH excluding ortho intramolecular Hbond substituents is 2. The topological polar surface area (TPSA) is 108 Å². The number of aryl methyl sites for hydroxylation is 1. The summed E-state index contributed by atoms with van der Waals surface area (Å²) in [7, 11) is 4.69. The van der Waals surface area contributed by atoms with Gasteiger partial charge >= 0.3 is 5.69 Å². The van der Waals surface area contributed by atoms with Crippen LogP contribution in [0.4, 0.5) is 0 Å². The fourth-order valence-corrected chi connectivity index (χ4v) is 4.98. The summed E-state index contributed by atoms with van der Waals surface area (Å²) in [5.74, 6) is 0.160. The lowest BCUT2D eigenvalue weighted by Crippen LogP contribution is -2.40. The molecule has 9 heteroatoms. The molecule has 0 aliphatic carbocycles. The maximum absolute atomic E-state index is 13.6. The molecule has 0 spiro atoms. The van der Waals surface area contributed by atoms with Crippen LogP contribution >= 0.6 is 0 Å². The van der Waals surface area contributed by atoms with E-state index in [0.717, 1.165) is 10.1 Å². The zero-order chi connectivity index (χ0) is 25.2. The van der Waals surface area contributed by atoms with Gasteiger partial charge in [0, 0.05) is 14.1 Å². The van der Waals surface area contributed by atoms with E-state index in [-0.39, 0.29) is 11.5 Å². The molecular weight excluding hydrogens is 450 g/mol. The molecule has 3 heterocycles. The fraction of sp³-hybridized carbons (Fsp3) is 0.308. The number of hydrogen-bond acceptors (Lipinski definition) is 6. The second-order valence-corrected chi connectivity index (χ2v) is 9.48. The molecule has 1 aliphatic rings. The van der Waals surface area contributed by atoms with Gasteiger partial charge in [0.1, 0.15) is 11.9 Å². The Morgan fingerprint density at radius 3 is 2.31 bits per heavy atom. The minimum Gasteiger partial charge on any atom is -0.504 e. The molecule has 2 aromatic carbocycles. The van der Waals surface area contributed by atoms with Crippen LogP contribution in [0.1, 0.15) is 31.2 Å². The number of aromatic hydroxyl groups is 2. The average Bonchev–Trinajstić information content (AvgIpc) is 3.21. The number of nitrogens with zero attached hydrogens (tertiary/aromatic N) is 3. The van der Waals surface area contributed by atoms with Gasteiger partial charge in [-0.25, -0.2) is 4.79 Å². The molecule has 0 unspecified atom stereocenters. The minimum atomic E-state index is -0.693. The van der Waals surface area contributed by atoms with E-state index in [0.29, 0.717) is 40.2 Å². The Bertz CT molecular complexity index is 1590. The Hall–Kier alpha value is -3.98. The molecule has 0 bridgehead atoms. The molecule has 0 amide bonds. The second-order valence-electron chi connectivity index (χ2n) is 9.48. The van der Waals surface area contributed by atoms with E-state index in [1.165, 1.54) is 23.7 Å². The van der Waals surface area contributed by atoms with E-state index in [1.54, 1.807) is 20.2 Å². The van der Waals surface area contributed by atoms with Gasteiger partial charge in [0.15, 0.2) is 11.5 Å². The number of rotatable bonds is 3. The molecule has 9 nitrogen and oxygen atoms in total. The van der Waals surface area contributed by atoms with Crippen LogP contribution in [0.2, 0.25) is 0 Å². The molecule has 2 aromatic heterocycles. The van der Waals surface area contributed by atoms with Crippen LogP contribution in [-0.2, 0) is 24.4 Å². The Morgan fingerprint density at radius 1 is 1.00 bits per heavy atom. The summed E-state index contributed by atoms with van der Waals surface area (Å²) in [6, 6.07) is 11.9. The number of phenols is 2. The van der Waals surface area contributed by atoms with E-state index in [2.05, 4.69) is 4.57 Å². The molecule has 0 saturated carbocycles. The first-order valence-electron chi connectivity index (χ1n) is 11.2. The zero-order valence-electron chi connectivity index (χ0n) is 20.2. The Kier molecular flexibility index (Phi) is 5.06. The monoisotopic (exact) mass is 477 g/mol. The van der Waals surface area contributed by atoms with Crippen LogP contribution in [0, 0.1) is 0 Å².